The lowest BCUT2D eigenvalue weighted by Gasteiger charge is -2.28. The van der Waals surface area contributed by atoms with Gasteiger partial charge in [0.1, 0.15) is 5.82 Å². The van der Waals surface area contributed by atoms with E-state index in [9.17, 15) is 4.79 Å². The van der Waals surface area contributed by atoms with E-state index in [1.807, 2.05) is 24.3 Å². The molecule has 3 N–H and O–H groups in total. The van der Waals surface area contributed by atoms with Crippen LogP contribution in [0, 0.1) is 0 Å². The van der Waals surface area contributed by atoms with Crippen LogP contribution in [-0.4, -0.2) is 42.7 Å². The smallest absolute Gasteiger partial charge is 0.254 e. The molecule has 0 saturated heterocycles. The molecule has 3 aromatic rings. The van der Waals surface area contributed by atoms with Crippen molar-refractivity contribution in [1.29, 1.82) is 0 Å². The van der Waals surface area contributed by atoms with Gasteiger partial charge in [0, 0.05) is 42.0 Å². The van der Waals surface area contributed by atoms with E-state index >= 15 is 0 Å². The molecule has 0 spiro atoms. The SMILES string of the molecule is COc1ccc(CN2CCc3c(nc(-c4ccc(N)cc4)[nH]c3=O)C2)c(OC)c1OC. The Morgan fingerprint density at radius 1 is 1.03 bits per heavy atom. The molecule has 0 saturated carbocycles. The van der Waals surface area contributed by atoms with E-state index in [2.05, 4.69) is 9.88 Å². The highest BCUT2D eigenvalue weighted by Gasteiger charge is 2.24. The van der Waals surface area contributed by atoms with Crippen molar-refractivity contribution in [2.24, 2.45) is 0 Å². The van der Waals surface area contributed by atoms with Gasteiger partial charge in [-0.2, -0.15) is 0 Å². The highest BCUT2D eigenvalue weighted by Crippen LogP contribution is 2.40. The number of fused-ring (bicyclic) bond motifs is 1. The van der Waals surface area contributed by atoms with Gasteiger partial charge in [-0.15, -0.1) is 0 Å². The lowest BCUT2D eigenvalue weighted by molar-refractivity contribution is 0.235. The summed E-state index contributed by atoms with van der Waals surface area (Å²) >= 11 is 0. The topological polar surface area (TPSA) is 103 Å². The minimum absolute atomic E-state index is 0.0832. The van der Waals surface area contributed by atoms with Crippen molar-refractivity contribution in [1.82, 2.24) is 14.9 Å². The lowest BCUT2D eigenvalue weighted by Crippen LogP contribution is -2.35. The average Bonchev–Trinajstić information content (AvgIpc) is 2.78. The van der Waals surface area contributed by atoms with Crippen LogP contribution in [0.1, 0.15) is 16.8 Å². The van der Waals surface area contributed by atoms with Gasteiger partial charge in [0.25, 0.3) is 5.56 Å². The van der Waals surface area contributed by atoms with Gasteiger partial charge >= 0.3 is 0 Å². The molecule has 0 bridgehead atoms. The second kappa shape index (κ2) is 8.69. The number of hydrogen-bond acceptors (Lipinski definition) is 7. The fourth-order valence-electron chi connectivity index (χ4n) is 3.94. The van der Waals surface area contributed by atoms with Gasteiger partial charge in [-0.3, -0.25) is 9.69 Å². The van der Waals surface area contributed by atoms with Crippen molar-refractivity contribution in [3.05, 3.63) is 63.6 Å². The Morgan fingerprint density at radius 2 is 1.77 bits per heavy atom. The molecular formula is C23H26N4O4. The first kappa shape index (κ1) is 20.7. The van der Waals surface area contributed by atoms with E-state index in [1.54, 1.807) is 33.5 Å². The van der Waals surface area contributed by atoms with Gasteiger partial charge in [-0.05, 0) is 36.8 Å². The monoisotopic (exact) mass is 422 g/mol. The number of nitrogens with one attached hydrogen (secondary N) is 1. The second-order valence-electron chi connectivity index (χ2n) is 7.42. The normalized spacial score (nSPS) is 13.5. The first-order valence-electron chi connectivity index (χ1n) is 10.0. The number of anilines is 1. The highest BCUT2D eigenvalue weighted by molar-refractivity contribution is 5.59. The van der Waals surface area contributed by atoms with E-state index in [4.69, 9.17) is 24.9 Å². The molecular weight excluding hydrogens is 396 g/mol. The van der Waals surface area contributed by atoms with Crippen LogP contribution in [0.5, 0.6) is 17.2 Å². The number of aromatic nitrogens is 2. The average molecular weight is 422 g/mol. The van der Waals surface area contributed by atoms with Crippen LogP contribution in [0.15, 0.2) is 41.2 Å². The standard InChI is InChI=1S/C23H26N4O4/c1-29-19-9-6-15(20(30-2)21(19)31-3)12-27-11-10-17-18(13-27)25-22(26-23(17)28)14-4-7-16(24)8-5-14/h4-9H,10-13,24H2,1-3H3,(H,25,26,28). The lowest BCUT2D eigenvalue weighted by atomic mass is 10.0. The largest absolute Gasteiger partial charge is 0.493 e. The first-order valence-corrected chi connectivity index (χ1v) is 10.0. The Kier molecular flexibility index (Phi) is 5.81. The molecule has 0 fully saturated rings. The maximum atomic E-state index is 12.7. The summed E-state index contributed by atoms with van der Waals surface area (Å²) in [5, 5.41) is 0. The predicted octanol–water partition coefficient (Wildman–Crippen LogP) is 2.60. The number of nitrogens with two attached hydrogens (primary N) is 1. The summed E-state index contributed by atoms with van der Waals surface area (Å²) in [6, 6.07) is 11.1. The van der Waals surface area contributed by atoms with Gasteiger partial charge < -0.3 is 24.9 Å². The number of ether oxygens (including phenoxy) is 3. The van der Waals surface area contributed by atoms with Gasteiger partial charge in [-0.25, -0.2) is 4.98 Å². The predicted molar refractivity (Wildman–Crippen MR) is 119 cm³/mol. The molecule has 0 unspecified atom stereocenters. The van der Waals surface area contributed by atoms with E-state index in [1.165, 1.54) is 0 Å². The van der Waals surface area contributed by atoms with Crippen LogP contribution in [0.25, 0.3) is 11.4 Å². The summed E-state index contributed by atoms with van der Waals surface area (Å²) in [7, 11) is 4.81. The Labute approximate surface area is 180 Å². The molecule has 1 aromatic heterocycles. The van der Waals surface area contributed by atoms with Gasteiger partial charge in [0.15, 0.2) is 11.5 Å². The third kappa shape index (κ3) is 4.06. The summed E-state index contributed by atoms with van der Waals surface area (Å²) in [5.41, 5.74) is 9.70. The van der Waals surface area contributed by atoms with Crippen LogP contribution in [0.4, 0.5) is 5.69 Å². The Bertz CT molecular complexity index is 1140. The fraction of sp³-hybridized carbons (Fsp3) is 0.304. The van der Waals surface area contributed by atoms with Crippen molar-refractivity contribution in [3.8, 4) is 28.6 Å². The van der Waals surface area contributed by atoms with E-state index in [0.29, 0.717) is 48.3 Å². The fourth-order valence-corrected chi connectivity index (χ4v) is 3.94. The van der Waals surface area contributed by atoms with Crippen LogP contribution in [0.3, 0.4) is 0 Å². The highest BCUT2D eigenvalue weighted by atomic mass is 16.5. The molecule has 0 radical (unpaired) electrons. The molecule has 2 heterocycles. The van der Waals surface area contributed by atoms with Gasteiger partial charge in [0.05, 0.1) is 27.0 Å². The number of H-pyrrole nitrogens is 1. The summed E-state index contributed by atoms with van der Waals surface area (Å²) in [4.78, 5) is 22.6. The van der Waals surface area contributed by atoms with Crippen molar-refractivity contribution in [3.63, 3.8) is 0 Å². The number of hydrogen-bond donors (Lipinski definition) is 2. The summed E-state index contributed by atoms with van der Waals surface area (Å²) in [5.74, 6) is 2.39. The number of nitrogen functional groups attached to an aromatic ring is 1. The molecule has 162 valence electrons. The molecule has 0 amide bonds. The summed E-state index contributed by atoms with van der Waals surface area (Å²) in [6.45, 7) is 1.95. The first-order chi connectivity index (χ1) is 15.0. The number of nitrogens with zero attached hydrogens (tertiary/aromatic N) is 2. The molecule has 2 aromatic carbocycles. The van der Waals surface area contributed by atoms with Crippen molar-refractivity contribution < 1.29 is 14.2 Å². The zero-order valence-electron chi connectivity index (χ0n) is 17.9. The van der Waals surface area contributed by atoms with E-state index in [-0.39, 0.29) is 5.56 Å². The van der Waals surface area contributed by atoms with Crippen LogP contribution < -0.4 is 25.5 Å². The number of benzene rings is 2. The molecule has 1 aliphatic heterocycles. The van der Waals surface area contributed by atoms with E-state index in [0.717, 1.165) is 28.9 Å². The Hall–Kier alpha value is -3.52. The third-order valence-corrected chi connectivity index (χ3v) is 5.52. The zero-order valence-corrected chi connectivity index (χ0v) is 17.9. The quantitative estimate of drug-likeness (QED) is 0.589. The molecule has 0 aliphatic carbocycles. The van der Waals surface area contributed by atoms with Crippen molar-refractivity contribution in [2.45, 2.75) is 19.5 Å². The van der Waals surface area contributed by atoms with Gasteiger partial charge in [-0.1, -0.05) is 6.07 Å². The number of aromatic amines is 1. The Balaban J connectivity index is 1.62. The van der Waals surface area contributed by atoms with Crippen LogP contribution in [-0.2, 0) is 19.5 Å². The maximum Gasteiger partial charge on any atom is 0.254 e. The second-order valence-corrected chi connectivity index (χ2v) is 7.42. The zero-order chi connectivity index (χ0) is 22.0. The molecule has 8 nitrogen and oxygen atoms in total. The number of methoxy groups -OCH3 is 3. The molecule has 1 aliphatic rings. The summed E-state index contributed by atoms with van der Waals surface area (Å²) < 4.78 is 16.5. The molecule has 31 heavy (non-hydrogen) atoms. The van der Waals surface area contributed by atoms with Crippen LogP contribution in [0.2, 0.25) is 0 Å². The third-order valence-electron chi connectivity index (χ3n) is 5.52. The minimum Gasteiger partial charge on any atom is -0.493 e. The van der Waals surface area contributed by atoms with Gasteiger partial charge in [0.2, 0.25) is 5.75 Å². The molecule has 8 heteroatoms. The summed E-state index contributed by atoms with van der Waals surface area (Å²) in [6.07, 6.45) is 0.634. The van der Waals surface area contributed by atoms with E-state index < -0.39 is 0 Å². The number of rotatable bonds is 6. The molecule has 4 rings (SSSR count). The Morgan fingerprint density at radius 3 is 2.45 bits per heavy atom. The van der Waals surface area contributed by atoms with Crippen molar-refractivity contribution in [2.75, 3.05) is 33.6 Å². The van der Waals surface area contributed by atoms with Crippen LogP contribution >= 0.6 is 0 Å². The molecule has 0 atom stereocenters. The maximum absolute atomic E-state index is 12.7. The van der Waals surface area contributed by atoms with Crippen molar-refractivity contribution >= 4 is 5.69 Å². The minimum atomic E-state index is -0.0832.